The predicted molar refractivity (Wildman–Crippen MR) is 118 cm³/mol. The van der Waals surface area contributed by atoms with Gasteiger partial charge in [-0.1, -0.05) is 19.0 Å². The summed E-state index contributed by atoms with van der Waals surface area (Å²) in [7, 11) is -3.66. The number of aryl methyl sites for hydroxylation is 2. The molecule has 0 aromatic carbocycles. The van der Waals surface area contributed by atoms with E-state index < -0.39 is 10.0 Å². The summed E-state index contributed by atoms with van der Waals surface area (Å²) in [5.74, 6) is 1.50. The van der Waals surface area contributed by atoms with Crippen molar-refractivity contribution in [3.8, 4) is 0 Å². The molecule has 0 saturated carbocycles. The molecule has 2 aromatic rings. The third kappa shape index (κ3) is 6.73. The summed E-state index contributed by atoms with van der Waals surface area (Å²) in [4.78, 5) is 5.45. The van der Waals surface area contributed by atoms with Gasteiger partial charge in [-0.3, -0.25) is 0 Å². The molecule has 0 unspecified atom stereocenters. The monoisotopic (exact) mass is 527 g/mol. The molecule has 8 nitrogen and oxygen atoms in total. The molecule has 0 atom stereocenters. The number of primary sulfonamides is 1. The molecule has 0 bridgehead atoms. The van der Waals surface area contributed by atoms with Crippen molar-refractivity contribution in [3.05, 3.63) is 34.0 Å². The van der Waals surface area contributed by atoms with E-state index in [1.807, 2.05) is 20.8 Å². The van der Waals surface area contributed by atoms with Crippen LogP contribution >= 0.6 is 35.3 Å². The summed E-state index contributed by atoms with van der Waals surface area (Å²) in [5, 5.41) is 15.6. The maximum atomic E-state index is 11.4. The van der Waals surface area contributed by atoms with Crippen LogP contribution in [-0.4, -0.2) is 26.1 Å². The minimum absolute atomic E-state index is 0. The van der Waals surface area contributed by atoms with E-state index in [4.69, 9.17) is 9.66 Å². The second-order valence-corrected chi connectivity index (χ2v) is 8.51. The molecule has 0 fully saturated rings. The van der Waals surface area contributed by atoms with E-state index in [-0.39, 0.29) is 28.2 Å². The lowest BCUT2D eigenvalue weighted by Gasteiger charge is -2.10. The van der Waals surface area contributed by atoms with E-state index in [1.54, 1.807) is 6.07 Å². The zero-order valence-corrected chi connectivity index (χ0v) is 19.6. The van der Waals surface area contributed by atoms with Crippen molar-refractivity contribution in [2.24, 2.45) is 10.1 Å². The summed E-state index contributed by atoms with van der Waals surface area (Å²) in [6.07, 6.45) is 1.57. The fourth-order valence-corrected chi connectivity index (χ4v) is 4.11. The van der Waals surface area contributed by atoms with Gasteiger partial charge in [0.2, 0.25) is 10.0 Å². The zero-order chi connectivity index (χ0) is 19.2. The Kier molecular flexibility index (Phi) is 9.70. The van der Waals surface area contributed by atoms with Crippen molar-refractivity contribution in [2.45, 2.75) is 50.9 Å². The first-order chi connectivity index (χ1) is 12.4. The van der Waals surface area contributed by atoms with Gasteiger partial charge in [0.25, 0.3) is 0 Å². The molecule has 2 heterocycles. The van der Waals surface area contributed by atoms with Gasteiger partial charge in [-0.05, 0) is 25.5 Å². The van der Waals surface area contributed by atoms with Crippen LogP contribution in [0.1, 0.15) is 42.7 Å². The van der Waals surface area contributed by atoms with E-state index in [0.29, 0.717) is 25.6 Å². The Labute approximate surface area is 181 Å². The van der Waals surface area contributed by atoms with Crippen LogP contribution in [0.15, 0.2) is 25.9 Å². The van der Waals surface area contributed by atoms with Crippen LogP contribution in [0.5, 0.6) is 0 Å². The van der Waals surface area contributed by atoms with Gasteiger partial charge in [-0.25, -0.2) is 18.5 Å². The van der Waals surface area contributed by atoms with Crippen LogP contribution in [0.4, 0.5) is 0 Å². The van der Waals surface area contributed by atoms with Gasteiger partial charge >= 0.3 is 0 Å². The quantitative estimate of drug-likeness (QED) is 0.275. The van der Waals surface area contributed by atoms with Crippen LogP contribution in [0.25, 0.3) is 0 Å². The van der Waals surface area contributed by atoms with Gasteiger partial charge in [0, 0.05) is 23.4 Å². The van der Waals surface area contributed by atoms with Crippen LogP contribution in [0.2, 0.25) is 0 Å². The number of hydrogen-bond acceptors (Lipinski definition) is 6. The summed E-state index contributed by atoms with van der Waals surface area (Å²) in [5.41, 5.74) is 1.96. The summed E-state index contributed by atoms with van der Waals surface area (Å²) >= 11 is 1.14. The highest BCUT2D eigenvalue weighted by atomic mass is 127. The first kappa shape index (κ1) is 23.9. The smallest absolute Gasteiger partial charge is 0.247 e. The Balaban J connectivity index is 0.00000364. The van der Waals surface area contributed by atoms with Crippen LogP contribution in [0, 0.1) is 0 Å². The number of rotatable bonds is 8. The largest absolute Gasteiger partial charge is 0.361 e. The molecular formula is C16H26IN5O3S2. The molecule has 2 rings (SSSR count). The molecule has 11 heteroatoms. The van der Waals surface area contributed by atoms with Gasteiger partial charge in [0.1, 0.15) is 9.97 Å². The minimum atomic E-state index is -3.66. The minimum Gasteiger partial charge on any atom is -0.361 e. The molecule has 2 aromatic heterocycles. The van der Waals surface area contributed by atoms with Gasteiger partial charge in [-0.15, -0.1) is 35.3 Å². The zero-order valence-electron chi connectivity index (χ0n) is 15.6. The SMILES string of the molecule is CCNC(=NCc1c(CC)noc1CC)NCc1ccc(S(N)(=O)=O)s1.I. The summed E-state index contributed by atoms with van der Waals surface area (Å²) < 4.78 is 28.2. The van der Waals surface area contributed by atoms with Crippen molar-refractivity contribution >= 4 is 51.3 Å². The fraction of sp³-hybridized carbons (Fsp3) is 0.500. The van der Waals surface area contributed by atoms with Gasteiger partial charge in [0.15, 0.2) is 5.96 Å². The fourth-order valence-electron chi connectivity index (χ4n) is 2.39. The molecular weight excluding hydrogens is 501 g/mol. The molecule has 0 aliphatic rings. The first-order valence-corrected chi connectivity index (χ1v) is 10.8. The number of thiophene rings is 1. The van der Waals surface area contributed by atoms with Crippen molar-refractivity contribution in [1.82, 2.24) is 15.8 Å². The number of guanidine groups is 1. The van der Waals surface area contributed by atoms with E-state index in [9.17, 15) is 8.42 Å². The molecule has 0 amide bonds. The molecule has 0 spiro atoms. The maximum Gasteiger partial charge on any atom is 0.247 e. The number of nitrogens with zero attached hydrogens (tertiary/aromatic N) is 2. The van der Waals surface area contributed by atoms with Gasteiger partial charge in [0.05, 0.1) is 18.8 Å². The Bertz CT molecular complexity index is 840. The number of sulfonamides is 1. The number of aliphatic imine (C=N–C) groups is 1. The second-order valence-electron chi connectivity index (χ2n) is 5.55. The second kappa shape index (κ2) is 11.0. The molecule has 0 aliphatic carbocycles. The molecule has 4 N–H and O–H groups in total. The Morgan fingerprint density at radius 2 is 2.00 bits per heavy atom. The standard InChI is InChI=1S/C16H25N5O3S2.HI/c1-4-13-12(14(5-2)24-21-13)10-20-16(18-6-3)19-9-11-7-8-15(25-11)26(17,22)23;/h7-8H,4-6,9-10H2,1-3H3,(H2,17,22,23)(H2,18,19,20);1H. The average Bonchev–Trinajstić information content (AvgIpc) is 3.23. The highest BCUT2D eigenvalue weighted by Gasteiger charge is 2.14. The number of nitrogens with one attached hydrogen (secondary N) is 2. The number of hydrogen-bond donors (Lipinski definition) is 3. The molecule has 0 saturated heterocycles. The van der Waals surface area contributed by atoms with E-state index in [1.165, 1.54) is 6.07 Å². The number of aromatic nitrogens is 1. The Hall–Kier alpha value is -1.18. The molecule has 0 aliphatic heterocycles. The van der Waals surface area contributed by atoms with Crippen molar-refractivity contribution in [1.29, 1.82) is 0 Å². The Morgan fingerprint density at radius 1 is 1.26 bits per heavy atom. The van der Waals surface area contributed by atoms with Crippen molar-refractivity contribution in [2.75, 3.05) is 6.54 Å². The third-order valence-electron chi connectivity index (χ3n) is 3.69. The van der Waals surface area contributed by atoms with Crippen LogP contribution < -0.4 is 15.8 Å². The lowest BCUT2D eigenvalue weighted by atomic mass is 10.1. The molecule has 27 heavy (non-hydrogen) atoms. The van der Waals surface area contributed by atoms with Crippen LogP contribution in [-0.2, 0) is 36.0 Å². The van der Waals surface area contributed by atoms with E-state index >= 15 is 0 Å². The first-order valence-electron chi connectivity index (χ1n) is 8.48. The normalized spacial score (nSPS) is 11.9. The third-order valence-corrected chi connectivity index (χ3v) is 6.22. The van der Waals surface area contributed by atoms with Crippen LogP contribution in [0.3, 0.4) is 0 Å². The average molecular weight is 527 g/mol. The van der Waals surface area contributed by atoms with Gasteiger partial charge in [-0.2, -0.15) is 0 Å². The van der Waals surface area contributed by atoms with E-state index in [2.05, 4.69) is 20.8 Å². The van der Waals surface area contributed by atoms with E-state index in [0.717, 1.165) is 46.1 Å². The summed E-state index contributed by atoms with van der Waals surface area (Å²) in [6, 6.07) is 3.25. The van der Waals surface area contributed by atoms with Crippen molar-refractivity contribution < 1.29 is 12.9 Å². The highest BCUT2D eigenvalue weighted by molar-refractivity contribution is 14.0. The number of nitrogens with two attached hydrogens (primary N) is 1. The topological polar surface area (TPSA) is 123 Å². The maximum absolute atomic E-state index is 11.4. The number of halogens is 1. The summed E-state index contributed by atoms with van der Waals surface area (Å²) in [6.45, 7) is 7.68. The molecule has 0 radical (unpaired) electrons. The lowest BCUT2D eigenvalue weighted by Crippen LogP contribution is -2.36. The highest BCUT2D eigenvalue weighted by Crippen LogP contribution is 2.20. The lowest BCUT2D eigenvalue weighted by molar-refractivity contribution is 0.380. The predicted octanol–water partition coefficient (Wildman–Crippen LogP) is 2.38. The Morgan fingerprint density at radius 3 is 2.56 bits per heavy atom. The van der Waals surface area contributed by atoms with Gasteiger partial charge < -0.3 is 15.2 Å². The molecule has 152 valence electrons. The van der Waals surface area contributed by atoms with Crippen molar-refractivity contribution in [3.63, 3.8) is 0 Å².